The zero-order chi connectivity index (χ0) is 21.5. The maximum absolute atomic E-state index is 12.8. The molecule has 0 saturated heterocycles. The van der Waals surface area contributed by atoms with E-state index in [0.717, 1.165) is 34.7 Å². The molecule has 0 spiro atoms. The van der Waals surface area contributed by atoms with Crippen LogP contribution in [-0.4, -0.2) is 33.6 Å². The van der Waals surface area contributed by atoms with Crippen molar-refractivity contribution in [3.05, 3.63) is 17.0 Å². The molecule has 6 nitrogen and oxygen atoms in total. The molecule has 7 heteroatoms. The highest BCUT2D eigenvalue weighted by atomic mass is 32.2. The minimum absolute atomic E-state index is 0.129. The number of primary amides is 1. The molecule has 1 unspecified atom stereocenters. The number of nitrogens with zero attached hydrogens (tertiary/aromatic N) is 2. The van der Waals surface area contributed by atoms with Gasteiger partial charge in [-0.05, 0) is 94.4 Å². The first kappa shape index (κ1) is 21.6. The molecular formula is C23H34N4O2S. The number of carbonyl (C=O) groups is 2. The number of carbonyl (C=O) groups excluding carboxylic acids is 2. The minimum atomic E-state index is -0.382. The Hall–Kier alpha value is -1.63. The second-order valence-corrected chi connectivity index (χ2v) is 10.9. The maximum atomic E-state index is 12.8. The van der Waals surface area contributed by atoms with E-state index in [9.17, 15) is 9.59 Å². The molecule has 0 aliphatic heterocycles. The first-order chi connectivity index (χ1) is 14.2. The second-order valence-electron chi connectivity index (χ2n) is 9.98. The minimum Gasteiger partial charge on any atom is -0.369 e. The highest BCUT2D eigenvalue weighted by Crippen LogP contribution is 2.61. The lowest BCUT2D eigenvalue weighted by Gasteiger charge is -2.59. The third kappa shape index (κ3) is 4.51. The molecule has 0 aromatic carbocycles. The van der Waals surface area contributed by atoms with Crippen LogP contribution in [0.3, 0.4) is 0 Å². The van der Waals surface area contributed by atoms with Gasteiger partial charge in [0.1, 0.15) is 0 Å². The molecule has 4 aliphatic rings. The molecule has 1 atom stereocenters. The van der Waals surface area contributed by atoms with E-state index in [1.165, 1.54) is 50.3 Å². The van der Waals surface area contributed by atoms with Gasteiger partial charge in [-0.3, -0.25) is 9.59 Å². The van der Waals surface area contributed by atoms with Gasteiger partial charge >= 0.3 is 0 Å². The van der Waals surface area contributed by atoms with Gasteiger partial charge in [-0.1, -0.05) is 11.8 Å². The number of hydrogen-bond donors (Lipinski definition) is 2. The van der Waals surface area contributed by atoms with E-state index in [4.69, 9.17) is 5.73 Å². The number of thioether (sulfide) groups is 1. The van der Waals surface area contributed by atoms with Crippen LogP contribution in [0, 0.1) is 37.0 Å². The Morgan fingerprint density at radius 1 is 1.10 bits per heavy atom. The third-order valence-electron chi connectivity index (χ3n) is 7.73. The van der Waals surface area contributed by atoms with Crippen LogP contribution < -0.4 is 11.1 Å². The van der Waals surface area contributed by atoms with Crippen molar-refractivity contribution < 1.29 is 9.59 Å². The van der Waals surface area contributed by atoms with E-state index in [-0.39, 0.29) is 23.6 Å². The molecule has 4 saturated carbocycles. The summed E-state index contributed by atoms with van der Waals surface area (Å²) in [4.78, 5) is 32.7. The summed E-state index contributed by atoms with van der Waals surface area (Å²) < 4.78 is 0. The number of aromatic nitrogens is 2. The Balaban J connectivity index is 1.33. The Labute approximate surface area is 183 Å². The van der Waals surface area contributed by atoms with Crippen LogP contribution >= 0.6 is 11.8 Å². The third-order valence-corrected chi connectivity index (χ3v) is 8.60. The van der Waals surface area contributed by atoms with Gasteiger partial charge in [-0.15, -0.1) is 0 Å². The van der Waals surface area contributed by atoms with Crippen LogP contribution in [0.25, 0.3) is 0 Å². The number of aryl methyl sites for hydroxylation is 2. The predicted octanol–water partition coefficient (Wildman–Crippen LogP) is 3.32. The summed E-state index contributed by atoms with van der Waals surface area (Å²) in [7, 11) is 0. The monoisotopic (exact) mass is 430 g/mol. The SMILES string of the molecule is Cc1nc(SCC(N)=O)nc(C)c1CCC(=O)NC(C)C12CC3CC(CC(C3)C1)C2. The molecular weight excluding hydrogens is 396 g/mol. The zero-order valence-corrected chi connectivity index (χ0v) is 19.2. The largest absolute Gasteiger partial charge is 0.369 e. The van der Waals surface area contributed by atoms with E-state index in [0.29, 0.717) is 23.4 Å². The smallest absolute Gasteiger partial charge is 0.227 e. The van der Waals surface area contributed by atoms with Crippen LogP contribution in [0.2, 0.25) is 0 Å². The standard InChI is InChI=1S/C23H34N4O2S/c1-13-19(14(2)26-22(25-13)30-12-20(24)28)4-5-21(29)27-15(3)23-9-16-6-17(10-23)8-18(7-16)11-23/h15-18H,4-12H2,1-3H3,(H2,24,28)(H,27,29). The zero-order valence-electron chi connectivity index (χ0n) is 18.4. The van der Waals surface area contributed by atoms with Crippen molar-refractivity contribution >= 4 is 23.6 Å². The van der Waals surface area contributed by atoms with Gasteiger partial charge in [0.05, 0.1) is 5.75 Å². The van der Waals surface area contributed by atoms with E-state index in [1.54, 1.807) is 0 Å². The van der Waals surface area contributed by atoms with Gasteiger partial charge in [-0.25, -0.2) is 9.97 Å². The van der Waals surface area contributed by atoms with Crippen LogP contribution in [0.1, 0.15) is 68.8 Å². The van der Waals surface area contributed by atoms with Crippen molar-refractivity contribution in [3.8, 4) is 0 Å². The summed E-state index contributed by atoms with van der Waals surface area (Å²) in [6.45, 7) is 6.11. The molecule has 0 radical (unpaired) electrons. The van der Waals surface area contributed by atoms with Crippen molar-refractivity contribution in [1.29, 1.82) is 0 Å². The van der Waals surface area contributed by atoms with E-state index < -0.39 is 0 Å². The summed E-state index contributed by atoms with van der Waals surface area (Å²) in [6.07, 6.45) is 9.27. The molecule has 3 N–H and O–H groups in total. The molecule has 1 aromatic heterocycles. The number of hydrogen-bond acceptors (Lipinski definition) is 5. The van der Waals surface area contributed by atoms with Gasteiger partial charge in [0.25, 0.3) is 0 Å². The van der Waals surface area contributed by atoms with Crippen LogP contribution in [0.5, 0.6) is 0 Å². The van der Waals surface area contributed by atoms with Crippen molar-refractivity contribution in [3.63, 3.8) is 0 Å². The molecule has 4 fully saturated rings. The first-order valence-corrected chi connectivity index (χ1v) is 12.3. The van der Waals surface area contributed by atoms with Crippen LogP contribution in [-0.2, 0) is 16.0 Å². The fraction of sp³-hybridized carbons (Fsp3) is 0.739. The lowest BCUT2D eigenvalue weighted by Crippen LogP contribution is -2.55. The number of rotatable bonds is 8. The fourth-order valence-electron chi connectivity index (χ4n) is 6.68. The van der Waals surface area contributed by atoms with Gasteiger partial charge in [0.15, 0.2) is 5.16 Å². The van der Waals surface area contributed by atoms with E-state index in [1.807, 2.05) is 13.8 Å². The highest BCUT2D eigenvalue weighted by molar-refractivity contribution is 7.99. The lowest BCUT2D eigenvalue weighted by atomic mass is 9.48. The van der Waals surface area contributed by atoms with Crippen molar-refractivity contribution in [2.45, 2.75) is 83.3 Å². The summed E-state index contributed by atoms with van der Waals surface area (Å²) in [5.41, 5.74) is 8.30. The van der Waals surface area contributed by atoms with Gasteiger partial charge in [-0.2, -0.15) is 0 Å². The molecule has 4 aliphatic carbocycles. The van der Waals surface area contributed by atoms with Gasteiger partial charge in [0.2, 0.25) is 11.8 Å². The summed E-state index contributed by atoms with van der Waals surface area (Å²) in [6, 6.07) is 0.254. The lowest BCUT2D eigenvalue weighted by molar-refractivity contribution is -0.125. The fourth-order valence-corrected chi connectivity index (χ4v) is 7.36. The molecule has 1 aromatic rings. The Morgan fingerprint density at radius 3 is 2.13 bits per heavy atom. The van der Waals surface area contributed by atoms with Gasteiger partial charge < -0.3 is 11.1 Å². The molecule has 1 heterocycles. The normalized spacial score (nSPS) is 30.3. The summed E-state index contributed by atoms with van der Waals surface area (Å²) in [5.74, 6) is 2.59. The Bertz CT molecular complexity index is 782. The summed E-state index contributed by atoms with van der Waals surface area (Å²) >= 11 is 1.25. The van der Waals surface area contributed by atoms with E-state index >= 15 is 0 Å². The number of nitrogens with one attached hydrogen (secondary N) is 1. The van der Waals surface area contributed by atoms with Crippen molar-refractivity contribution in [2.24, 2.45) is 28.9 Å². The topological polar surface area (TPSA) is 98.0 Å². The van der Waals surface area contributed by atoms with Gasteiger partial charge in [0, 0.05) is 23.9 Å². The Kier molecular flexibility index (Phi) is 6.11. The average molecular weight is 431 g/mol. The molecule has 5 rings (SSSR count). The maximum Gasteiger partial charge on any atom is 0.227 e. The van der Waals surface area contributed by atoms with Crippen molar-refractivity contribution in [1.82, 2.24) is 15.3 Å². The van der Waals surface area contributed by atoms with Crippen molar-refractivity contribution in [2.75, 3.05) is 5.75 Å². The predicted molar refractivity (Wildman–Crippen MR) is 118 cm³/mol. The molecule has 4 bridgehead atoms. The summed E-state index contributed by atoms with van der Waals surface area (Å²) in [5, 5.41) is 3.92. The van der Waals surface area contributed by atoms with Crippen LogP contribution in [0.4, 0.5) is 0 Å². The quantitative estimate of drug-likeness (QED) is 0.487. The molecule has 164 valence electrons. The first-order valence-electron chi connectivity index (χ1n) is 11.3. The number of nitrogens with two attached hydrogens (primary N) is 1. The Morgan fingerprint density at radius 2 is 1.63 bits per heavy atom. The highest BCUT2D eigenvalue weighted by Gasteiger charge is 2.53. The number of amides is 2. The second kappa shape index (κ2) is 8.48. The average Bonchev–Trinajstić information content (AvgIpc) is 2.64. The molecule has 2 amide bonds. The van der Waals surface area contributed by atoms with Crippen LogP contribution in [0.15, 0.2) is 5.16 Å². The van der Waals surface area contributed by atoms with E-state index in [2.05, 4.69) is 22.2 Å². The molecule has 30 heavy (non-hydrogen) atoms.